The number of nitrogens with one attached hydrogen (secondary N) is 1. The Morgan fingerprint density at radius 3 is 2.39 bits per heavy atom. The van der Waals surface area contributed by atoms with E-state index in [0.717, 1.165) is 38.0 Å². The summed E-state index contributed by atoms with van der Waals surface area (Å²) in [7, 11) is 0. The maximum Gasteiger partial charge on any atom is 0.220 e. The number of hydrogen-bond donors (Lipinski definition) is 2. The summed E-state index contributed by atoms with van der Waals surface area (Å²) in [5.74, 6) is 0.912. The molecule has 18 heavy (non-hydrogen) atoms. The lowest BCUT2D eigenvalue weighted by atomic mass is 9.86. The predicted molar refractivity (Wildman–Crippen MR) is 72.2 cm³/mol. The van der Waals surface area contributed by atoms with Gasteiger partial charge in [-0.15, -0.1) is 0 Å². The van der Waals surface area contributed by atoms with Crippen LogP contribution in [0.3, 0.4) is 0 Å². The molecule has 0 heterocycles. The van der Waals surface area contributed by atoms with E-state index in [0.29, 0.717) is 6.42 Å². The zero-order valence-corrected chi connectivity index (χ0v) is 11.4. The molecule has 0 atom stereocenters. The van der Waals surface area contributed by atoms with Crippen molar-refractivity contribution in [1.29, 1.82) is 0 Å². The van der Waals surface area contributed by atoms with Gasteiger partial charge in [0.1, 0.15) is 0 Å². The average Bonchev–Trinajstić information content (AvgIpc) is 2.87. The molecule has 0 aromatic heterocycles. The number of rotatable bonds is 5. The second-order valence-corrected chi connectivity index (χ2v) is 6.24. The third-order valence-corrected chi connectivity index (χ3v) is 4.77. The minimum Gasteiger partial charge on any atom is -0.394 e. The van der Waals surface area contributed by atoms with E-state index in [1.165, 1.54) is 32.1 Å². The highest BCUT2D eigenvalue weighted by atomic mass is 16.3. The molecular formula is C15H27NO2. The Labute approximate surface area is 110 Å². The van der Waals surface area contributed by atoms with Gasteiger partial charge in [-0.3, -0.25) is 4.79 Å². The van der Waals surface area contributed by atoms with E-state index in [1.807, 2.05) is 0 Å². The summed E-state index contributed by atoms with van der Waals surface area (Å²) in [6, 6.07) is 0. The molecule has 0 spiro atoms. The zero-order chi connectivity index (χ0) is 12.8. The van der Waals surface area contributed by atoms with Crippen molar-refractivity contribution in [2.24, 2.45) is 5.92 Å². The number of hydrogen-bond acceptors (Lipinski definition) is 2. The molecule has 0 aromatic carbocycles. The van der Waals surface area contributed by atoms with Crippen LogP contribution < -0.4 is 5.32 Å². The molecule has 104 valence electrons. The van der Waals surface area contributed by atoms with E-state index in [-0.39, 0.29) is 18.1 Å². The number of carbonyl (C=O) groups is 1. The summed E-state index contributed by atoms with van der Waals surface area (Å²) in [6.45, 7) is 0.0994. The van der Waals surface area contributed by atoms with Crippen molar-refractivity contribution in [3.63, 3.8) is 0 Å². The van der Waals surface area contributed by atoms with Crippen LogP contribution in [-0.4, -0.2) is 23.2 Å². The lowest BCUT2D eigenvalue weighted by Crippen LogP contribution is -2.49. The monoisotopic (exact) mass is 253 g/mol. The Kier molecular flexibility index (Phi) is 5.04. The third-order valence-electron chi connectivity index (χ3n) is 4.77. The first-order valence-corrected chi connectivity index (χ1v) is 7.66. The first-order valence-electron chi connectivity index (χ1n) is 7.66. The van der Waals surface area contributed by atoms with Crippen LogP contribution in [0.4, 0.5) is 0 Å². The van der Waals surface area contributed by atoms with Gasteiger partial charge in [0.15, 0.2) is 0 Å². The normalized spacial score (nSPS) is 24.1. The van der Waals surface area contributed by atoms with Gasteiger partial charge in [0.05, 0.1) is 12.1 Å². The highest BCUT2D eigenvalue weighted by Gasteiger charge is 2.34. The summed E-state index contributed by atoms with van der Waals surface area (Å²) in [5, 5.41) is 12.6. The summed E-state index contributed by atoms with van der Waals surface area (Å²) in [4.78, 5) is 12.0. The highest BCUT2D eigenvalue weighted by Crippen LogP contribution is 2.30. The maximum absolute atomic E-state index is 12.0. The van der Waals surface area contributed by atoms with E-state index in [4.69, 9.17) is 0 Å². The molecule has 2 aliphatic carbocycles. The summed E-state index contributed by atoms with van der Waals surface area (Å²) < 4.78 is 0. The second-order valence-electron chi connectivity index (χ2n) is 6.24. The molecule has 3 heteroatoms. The van der Waals surface area contributed by atoms with Crippen LogP contribution in [-0.2, 0) is 4.79 Å². The van der Waals surface area contributed by atoms with Crippen LogP contribution >= 0.6 is 0 Å². The lowest BCUT2D eigenvalue weighted by molar-refractivity contribution is -0.123. The number of amides is 1. The number of carbonyl (C=O) groups excluding carboxylic acids is 1. The van der Waals surface area contributed by atoms with E-state index < -0.39 is 0 Å². The van der Waals surface area contributed by atoms with Gasteiger partial charge < -0.3 is 10.4 Å². The molecule has 3 nitrogen and oxygen atoms in total. The molecule has 0 bridgehead atoms. The van der Waals surface area contributed by atoms with Gasteiger partial charge in [-0.25, -0.2) is 0 Å². The van der Waals surface area contributed by atoms with Crippen molar-refractivity contribution in [3.05, 3.63) is 0 Å². The topological polar surface area (TPSA) is 49.3 Å². The van der Waals surface area contributed by atoms with Crippen LogP contribution in [0, 0.1) is 5.92 Å². The Morgan fingerprint density at radius 1 is 1.11 bits per heavy atom. The molecule has 2 aliphatic rings. The van der Waals surface area contributed by atoms with Gasteiger partial charge in [-0.05, 0) is 25.2 Å². The van der Waals surface area contributed by atoms with Gasteiger partial charge in [-0.1, -0.05) is 44.9 Å². The first-order chi connectivity index (χ1) is 8.74. The van der Waals surface area contributed by atoms with Gasteiger partial charge in [0, 0.05) is 6.42 Å². The fourth-order valence-electron chi connectivity index (χ4n) is 3.54. The van der Waals surface area contributed by atoms with Gasteiger partial charge in [0.25, 0.3) is 0 Å². The van der Waals surface area contributed by atoms with Crippen molar-refractivity contribution >= 4 is 5.91 Å². The lowest BCUT2D eigenvalue weighted by Gasteiger charge is -2.28. The fourth-order valence-corrected chi connectivity index (χ4v) is 3.54. The van der Waals surface area contributed by atoms with Crippen LogP contribution in [0.5, 0.6) is 0 Å². The Bertz CT molecular complexity index is 266. The average molecular weight is 253 g/mol. The summed E-state index contributed by atoms with van der Waals surface area (Å²) in [5.41, 5.74) is -0.288. The number of aliphatic hydroxyl groups is 1. The predicted octanol–water partition coefficient (Wildman–Crippen LogP) is 2.77. The molecule has 0 unspecified atom stereocenters. The van der Waals surface area contributed by atoms with Crippen molar-refractivity contribution in [2.45, 2.75) is 76.2 Å². The maximum atomic E-state index is 12.0. The van der Waals surface area contributed by atoms with E-state index in [2.05, 4.69) is 5.32 Å². The van der Waals surface area contributed by atoms with Gasteiger partial charge in [-0.2, -0.15) is 0 Å². The molecule has 2 rings (SSSR count). The second kappa shape index (κ2) is 6.55. The fraction of sp³-hybridized carbons (Fsp3) is 0.933. The van der Waals surface area contributed by atoms with Crippen LogP contribution in [0.25, 0.3) is 0 Å². The molecule has 2 saturated carbocycles. The third kappa shape index (κ3) is 3.71. The quantitative estimate of drug-likeness (QED) is 0.791. The molecule has 0 radical (unpaired) electrons. The van der Waals surface area contributed by atoms with Gasteiger partial charge >= 0.3 is 0 Å². The van der Waals surface area contributed by atoms with Crippen molar-refractivity contribution in [3.8, 4) is 0 Å². The highest BCUT2D eigenvalue weighted by molar-refractivity contribution is 5.76. The Morgan fingerprint density at radius 2 is 1.78 bits per heavy atom. The largest absolute Gasteiger partial charge is 0.394 e. The molecule has 2 N–H and O–H groups in total. The smallest absolute Gasteiger partial charge is 0.220 e. The first kappa shape index (κ1) is 13.9. The van der Waals surface area contributed by atoms with Crippen LogP contribution in [0.2, 0.25) is 0 Å². The van der Waals surface area contributed by atoms with Crippen molar-refractivity contribution < 1.29 is 9.90 Å². The van der Waals surface area contributed by atoms with Crippen LogP contribution in [0.15, 0.2) is 0 Å². The molecule has 1 amide bonds. The molecule has 2 fully saturated rings. The van der Waals surface area contributed by atoms with E-state index >= 15 is 0 Å². The van der Waals surface area contributed by atoms with E-state index in [9.17, 15) is 9.90 Å². The SMILES string of the molecule is O=C(CCC1CCCCC1)NC1(CO)CCCC1. The molecule has 0 saturated heterocycles. The van der Waals surface area contributed by atoms with Crippen molar-refractivity contribution in [2.75, 3.05) is 6.61 Å². The molecule has 0 aromatic rings. The van der Waals surface area contributed by atoms with Crippen molar-refractivity contribution in [1.82, 2.24) is 5.32 Å². The Hall–Kier alpha value is -0.570. The zero-order valence-electron chi connectivity index (χ0n) is 11.4. The number of aliphatic hydroxyl groups excluding tert-OH is 1. The van der Waals surface area contributed by atoms with Crippen LogP contribution in [0.1, 0.15) is 70.6 Å². The minimum atomic E-state index is -0.288. The molecular weight excluding hydrogens is 226 g/mol. The van der Waals surface area contributed by atoms with Gasteiger partial charge in [0.2, 0.25) is 5.91 Å². The summed E-state index contributed by atoms with van der Waals surface area (Å²) in [6.07, 6.45) is 12.5. The van der Waals surface area contributed by atoms with E-state index in [1.54, 1.807) is 0 Å². The minimum absolute atomic E-state index is 0.0994. The standard InChI is InChI=1S/C15H27NO2/c17-12-15(10-4-5-11-15)16-14(18)9-8-13-6-2-1-3-7-13/h13,17H,1-12H2,(H,16,18). The summed E-state index contributed by atoms with van der Waals surface area (Å²) >= 11 is 0. The Balaban J connectivity index is 1.70. The molecule has 0 aliphatic heterocycles.